The minimum absolute atomic E-state index is 0.0889. The molecule has 1 aromatic rings. The number of rotatable bonds is 6. The summed E-state index contributed by atoms with van der Waals surface area (Å²) in [7, 11) is -3.42. The predicted octanol–water partition coefficient (Wildman–Crippen LogP) is 2.03. The Morgan fingerprint density at radius 2 is 2.29 bits per heavy atom. The van der Waals surface area contributed by atoms with Crippen LogP contribution in [0.4, 0.5) is 4.79 Å². The van der Waals surface area contributed by atoms with Crippen LogP contribution in [0.1, 0.15) is 44.0 Å². The van der Waals surface area contributed by atoms with Gasteiger partial charge in [-0.15, -0.1) is 11.3 Å². The topological polar surface area (TPSA) is 109 Å². The van der Waals surface area contributed by atoms with E-state index in [9.17, 15) is 18.3 Å². The Balaban J connectivity index is 1.38. The van der Waals surface area contributed by atoms with Gasteiger partial charge in [-0.1, -0.05) is 0 Å². The summed E-state index contributed by atoms with van der Waals surface area (Å²) < 4.78 is 32.1. The summed E-state index contributed by atoms with van der Waals surface area (Å²) in [4.78, 5) is 17.5. The molecule has 0 aromatic carbocycles. The van der Waals surface area contributed by atoms with Crippen molar-refractivity contribution in [3.63, 3.8) is 0 Å². The van der Waals surface area contributed by atoms with Crippen LogP contribution in [0.5, 0.6) is 0 Å². The van der Waals surface area contributed by atoms with E-state index >= 15 is 0 Å². The highest BCUT2D eigenvalue weighted by Crippen LogP contribution is 2.63. The van der Waals surface area contributed by atoms with Crippen molar-refractivity contribution < 1.29 is 23.1 Å². The molecule has 0 radical (unpaired) electrons. The second-order valence-electron chi connectivity index (χ2n) is 8.46. The molecule has 3 fully saturated rings. The Kier molecular flexibility index (Phi) is 5.18. The summed E-state index contributed by atoms with van der Waals surface area (Å²) in [6.07, 6.45) is 6.56. The molecule has 1 saturated heterocycles. The fraction of sp³-hybridized carbons (Fsp3) is 0.778. The maximum absolute atomic E-state index is 11.7. The average molecular weight is 430 g/mol. The smallest absolute Gasteiger partial charge is 0.407 e. The summed E-state index contributed by atoms with van der Waals surface area (Å²) in [6, 6.07) is -1.22. The molecule has 1 aliphatic heterocycles. The highest BCUT2D eigenvalue weighted by molar-refractivity contribution is 7.88. The molecule has 0 spiro atoms. The molecule has 6 atom stereocenters. The van der Waals surface area contributed by atoms with E-state index < -0.39 is 28.2 Å². The van der Waals surface area contributed by atoms with E-state index in [1.54, 1.807) is 18.3 Å². The zero-order valence-electron chi connectivity index (χ0n) is 16.1. The number of amides is 1. The third-order valence-corrected chi connectivity index (χ3v) is 8.25. The number of thiazole rings is 1. The Hall–Kier alpha value is -1.23. The van der Waals surface area contributed by atoms with Gasteiger partial charge in [-0.3, -0.25) is 4.90 Å². The average Bonchev–Trinajstić information content (AvgIpc) is 2.94. The largest absolute Gasteiger partial charge is 0.465 e. The van der Waals surface area contributed by atoms with Crippen molar-refractivity contribution in [2.75, 3.05) is 12.9 Å². The van der Waals surface area contributed by atoms with Gasteiger partial charge in [0.25, 0.3) is 0 Å². The fourth-order valence-electron chi connectivity index (χ4n) is 5.16. The molecule has 28 heavy (non-hydrogen) atoms. The second-order valence-corrected chi connectivity index (χ2v) is 11.1. The van der Waals surface area contributed by atoms with E-state index in [2.05, 4.69) is 9.71 Å². The second kappa shape index (κ2) is 7.23. The van der Waals surface area contributed by atoms with Gasteiger partial charge in [0.05, 0.1) is 30.0 Å². The molecule has 10 heteroatoms. The van der Waals surface area contributed by atoms with Gasteiger partial charge < -0.3 is 9.84 Å². The number of likely N-dealkylation sites (tertiary alicyclic amines) is 1. The van der Waals surface area contributed by atoms with Crippen LogP contribution in [0, 0.1) is 5.92 Å². The highest BCUT2D eigenvalue weighted by Gasteiger charge is 2.59. The third kappa shape index (κ3) is 3.79. The number of hydrogen-bond acceptors (Lipinski definition) is 6. The minimum atomic E-state index is -3.42. The molecule has 3 aliphatic rings. The van der Waals surface area contributed by atoms with Gasteiger partial charge in [0, 0.05) is 29.1 Å². The van der Waals surface area contributed by atoms with E-state index in [4.69, 9.17) is 4.74 Å². The fourth-order valence-corrected chi connectivity index (χ4v) is 6.92. The quantitative estimate of drug-likeness (QED) is 0.716. The maximum atomic E-state index is 11.7. The van der Waals surface area contributed by atoms with Crippen molar-refractivity contribution in [1.82, 2.24) is 14.6 Å². The molecule has 2 heterocycles. The number of fused-ring (bicyclic) bond motifs is 1. The van der Waals surface area contributed by atoms with Gasteiger partial charge in [-0.2, -0.15) is 0 Å². The molecule has 0 unspecified atom stereocenters. The van der Waals surface area contributed by atoms with Crippen molar-refractivity contribution in [1.29, 1.82) is 0 Å². The zero-order chi connectivity index (χ0) is 20.1. The standard InChI is InChI=1S/C18H27N3O5S2/c1-11-7-14(20-28(2,24)25)15(21(11)17(22)23)10-26-13-3-4-18(9-12(18)8-13)16-19-5-6-27-16/h5-6,11-15,20H,3-4,7-10H2,1-2H3,(H,22,23)/t11-,12+,13-,14+,15+,18+/m1/s1. The first-order valence-electron chi connectivity index (χ1n) is 9.70. The van der Waals surface area contributed by atoms with Gasteiger partial charge >= 0.3 is 6.09 Å². The van der Waals surface area contributed by atoms with E-state index in [-0.39, 0.29) is 24.2 Å². The SMILES string of the molecule is C[C@@H]1C[C@H](NS(C)(=O)=O)[C@H](CO[C@@H]2CC[C@]3(c4nccs4)C[C@@H]3C2)N1C(=O)O. The normalized spacial score (nSPS) is 37.6. The Morgan fingerprint density at radius 1 is 1.50 bits per heavy atom. The number of carbonyl (C=O) groups is 1. The predicted molar refractivity (Wildman–Crippen MR) is 105 cm³/mol. The van der Waals surface area contributed by atoms with Crippen molar-refractivity contribution in [3.05, 3.63) is 16.6 Å². The Labute approximate surface area is 169 Å². The van der Waals surface area contributed by atoms with Crippen molar-refractivity contribution in [2.45, 2.75) is 68.7 Å². The molecule has 2 N–H and O–H groups in total. The summed E-state index contributed by atoms with van der Waals surface area (Å²) in [5.41, 5.74) is 0.239. The van der Waals surface area contributed by atoms with Crippen LogP contribution >= 0.6 is 11.3 Å². The first kappa shape index (κ1) is 20.1. The molecular formula is C18H27N3O5S2. The lowest BCUT2D eigenvalue weighted by molar-refractivity contribution is -0.00840. The van der Waals surface area contributed by atoms with Gasteiger partial charge in [-0.05, 0) is 44.9 Å². The third-order valence-electron chi connectivity index (χ3n) is 6.53. The first-order chi connectivity index (χ1) is 13.2. The van der Waals surface area contributed by atoms with Crippen LogP contribution in [-0.4, -0.2) is 66.6 Å². The molecule has 0 bridgehead atoms. The lowest BCUT2D eigenvalue weighted by atomic mass is 9.87. The number of hydrogen-bond donors (Lipinski definition) is 2. The van der Waals surface area contributed by atoms with Crippen LogP contribution in [0.2, 0.25) is 0 Å². The van der Waals surface area contributed by atoms with E-state index in [1.165, 1.54) is 9.91 Å². The van der Waals surface area contributed by atoms with Gasteiger partial charge in [-0.25, -0.2) is 22.9 Å². The minimum Gasteiger partial charge on any atom is -0.465 e. The molecular weight excluding hydrogens is 402 g/mol. The van der Waals surface area contributed by atoms with Crippen LogP contribution in [0.3, 0.4) is 0 Å². The molecule has 1 aromatic heterocycles. The highest BCUT2D eigenvalue weighted by atomic mass is 32.2. The summed E-state index contributed by atoms with van der Waals surface area (Å²) in [5.74, 6) is 0.584. The number of carboxylic acid groups (broad SMARTS) is 1. The zero-order valence-corrected chi connectivity index (χ0v) is 17.7. The lowest BCUT2D eigenvalue weighted by Crippen LogP contribution is -2.50. The van der Waals surface area contributed by atoms with Gasteiger partial charge in [0.15, 0.2) is 0 Å². The van der Waals surface area contributed by atoms with E-state index in [0.717, 1.165) is 31.9 Å². The first-order valence-corrected chi connectivity index (χ1v) is 12.5. The molecule has 1 amide bonds. The van der Waals surface area contributed by atoms with Crippen LogP contribution < -0.4 is 4.72 Å². The number of sulfonamides is 1. The molecule has 156 valence electrons. The number of aromatic nitrogens is 1. The van der Waals surface area contributed by atoms with Crippen molar-refractivity contribution >= 4 is 27.5 Å². The van der Waals surface area contributed by atoms with Gasteiger partial charge in [0.2, 0.25) is 10.0 Å². The maximum Gasteiger partial charge on any atom is 0.407 e. The summed E-state index contributed by atoms with van der Waals surface area (Å²) >= 11 is 1.73. The summed E-state index contributed by atoms with van der Waals surface area (Å²) in [6.45, 7) is 2.02. The van der Waals surface area contributed by atoms with Crippen molar-refractivity contribution in [2.24, 2.45) is 5.92 Å². The molecule has 4 rings (SSSR count). The number of nitrogens with zero attached hydrogens (tertiary/aromatic N) is 2. The van der Waals surface area contributed by atoms with Crippen molar-refractivity contribution in [3.8, 4) is 0 Å². The Bertz CT molecular complexity index is 830. The van der Waals surface area contributed by atoms with Crippen LogP contribution in [0.25, 0.3) is 0 Å². The monoisotopic (exact) mass is 429 g/mol. The number of nitrogens with one attached hydrogen (secondary N) is 1. The number of ether oxygens (including phenoxy) is 1. The molecule has 2 saturated carbocycles. The summed E-state index contributed by atoms with van der Waals surface area (Å²) in [5, 5.41) is 12.8. The van der Waals surface area contributed by atoms with Gasteiger partial charge in [0.1, 0.15) is 0 Å². The lowest BCUT2D eigenvalue weighted by Gasteiger charge is -2.32. The Morgan fingerprint density at radius 3 is 2.89 bits per heavy atom. The van der Waals surface area contributed by atoms with Crippen LogP contribution in [-0.2, 0) is 20.2 Å². The molecule has 2 aliphatic carbocycles. The van der Waals surface area contributed by atoms with Crippen LogP contribution in [0.15, 0.2) is 11.6 Å². The van der Waals surface area contributed by atoms with E-state index in [0.29, 0.717) is 12.3 Å². The van der Waals surface area contributed by atoms with E-state index in [1.807, 2.05) is 11.6 Å². The molecule has 8 nitrogen and oxygen atoms in total.